The summed E-state index contributed by atoms with van der Waals surface area (Å²) in [6.07, 6.45) is 8.23. The number of H-pyrrole nitrogens is 1. The maximum absolute atomic E-state index is 15.2. The van der Waals surface area contributed by atoms with Crippen molar-refractivity contribution in [2.45, 2.75) is 76.9 Å². The Morgan fingerprint density at radius 1 is 0.964 bits per heavy atom. The largest absolute Gasteiger partial charge is 0.369 e. The average molecular weight is 748 g/mol. The Morgan fingerprint density at radius 3 is 2.53 bits per heavy atom. The summed E-state index contributed by atoms with van der Waals surface area (Å²) in [7, 11) is 2.15. The normalized spacial score (nSPS) is 19.7. The van der Waals surface area contributed by atoms with Gasteiger partial charge in [-0.05, 0) is 108 Å². The van der Waals surface area contributed by atoms with Gasteiger partial charge < -0.3 is 20.5 Å². The molecule has 14 heteroatoms. The number of hydrogen-bond acceptors (Lipinski definition) is 8. The van der Waals surface area contributed by atoms with E-state index < -0.39 is 23.7 Å². The van der Waals surface area contributed by atoms with Gasteiger partial charge in [-0.1, -0.05) is 6.07 Å². The fourth-order valence-corrected chi connectivity index (χ4v) is 8.41. The van der Waals surface area contributed by atoms with Crippen molar-refractivity contribution in [2.24, 2.45) is 5.92 Å². The van der Waals surface area contributed by atoms with Crippen molar-refractivity contribution in [3.8, 4) is 0 Å². The summed E-state index contributed by atoms with van der Waals surface area (Å²) < 4.78 is 17.2. The molecule has 13 nitrogen and oxygen atoms in total. The van der Waals surface area contributed by atoms with Crippen LogP contribution in [0, 0.1) is 18.7 Å². The molecule has 0 aliphatic carbocycles. The van der Waals surface area contributed by atoms with Crippen LogP contribution in [0.3, 0.4) is 0 Å². The van der Waals surface area contributed by atoms with E-state index in [1.807, 2.05) is 40.8 Å². The monoisotopic (exact) mass is 747 g/mol. The van der Waals surface area contributed by atoms with Crippen molar-refractivity contribution >= 4 is 56.9 Å². The molecule has 4 N–H and O–H groups in total. The molecule has 2 aromatic carbocycles. The van der Waals surface area contributed by atoms with Crippen LogP contribution in [0.1, 0.15) is 89.5 Å². The summed E-state index contributed by atoms with van der Waals surface area (Å²) in [5, 5.41) is 14.6. The van der Waals surface area contributed by atoms with Gasteiger partial charge in [0.2, 0.25) is 11.8 Å². The maximum atomic E-state index is 15.2. The minimum atomic E-state index is -0.820. The minimum absolute atomic E-state index is 0.127. The molecule has 3 fully saturated rings. The van der Waals surface area contributed by atoms with E-state index in [2.05, 4.69) is 43.9 Å². The Kier molecular flexibility index (Phi) is 10.1. The fourth-order valence-electron chi connectivity index (χ4n) is 8.41. The number of anilines is 2. The predicted molar refractivity (Wildman–Crippen MR) is 207 cm³/mol. The van der Waals surface area contributed by atoms with Gasteiger partial charge in [0.05, 0.1) is 22.4 Å². The lowest BCUT2D eigenvalue weighted by Crippen LogP contribution is -2.52. The summed E-state index contributed by atoms with van der Waals surface area (Å²) in [6.45, 7) is 5.20. The topological polar surface area (TPSA) is 157 Å². The summed E-state index contributed by atoms with van der Waals surface area (Å²) in [5.41, 5.74) is 5.09. The van der Waals surface area contributed by atoms with Crippen molar-refractivity contribution in [1.82, 2.24) is 35.3 Å². The van der Waals surface area contributed by atoms with Gasteiger partial charge in [-0.3, -0.25) is 34.1 Å². The van der Waals surface area contributed by atoms with Gasteiger partial charge in [0.15, 0.2) is 0 Å². The number of rotatable bonds is 10. The standard InChI is InChI=1S/C41H46FN9O4/c1-24-29-9-7-27(40(54)46-37-22-32-28(23-43-37)20-33(44-32)35-6-4-15-49(35)2)21-36(29)51(48-24)16-3-5-25-13-17-50(18-14-25)34-11-8-26(19-30(34)42)39(53)45-31-10-12-38(52)47-41(31)55/h7-9,11,19-23,25,31,35,44H,3-6,10,12-18H2,1-2H3,(H,45,53)(H,43,46,54)(H,47,52,55)/t31?,35-/m1/s1. The van der Waals surface area contributed by atoms with Crippen molar-refractivity contribution in [2.75, 3.05) is 36.9 Å². The molecule has 3 aliphatic rings. The smallest absolute Gasteiger partial charge is 0.256 e. The number of carbonyl (C=O) groups excluding carboxylic acids is 4. The average Bonchev–Trinajstić information content (AvgIpc) is 3.89. The van der Waals surface area contributed by atoms with Crippen LogP contribution in [0.25, 0.3) is 21.8 Å². The molecule has 0 bridgehead atoms. The van der Waals surface area contributed by atoms with Gasteiger partial charge in [0.25, 0.3) is 11.8 Å². The molecule has 2 atom stereocenters. The molecule has 0 saturated carbocycles. The number of fused-ring (bicyclic) bond motifs is 2. The first kappa shape index (κ1) is 36.4. The van der Waals surface area contributed by atoms with Crippen LogP contribution in [0.5, 0.6) is 0 Å². The first-order valence-electron chi connectivity index (χ1n) is 19.3. The Morgan fingerprint density at radius 2 is 1.76 bits per heavy atom. The first-order chi connectivity index (χ1) is 26.6. The Balaban J connectivity index is 0.840. The van der Waals surface area contributed by atoms with E-state index in [9.17, 15) is 19.2 Å². The molecule has 5 aromatic rings. The number of carbonyl (C=O) groups is 4. The second kappa shape index (κ2) is 15.2. The second-order valence-electron chi connectivity index (χ2n) is 15.2. The number of nitrogens with one attached hydrogen (secondary N) is 4. The van der Waals surface area contributed by atoms with Crippen LogP contribution < -0.4 is 20.9 Å². The lowest BCUT2D eigenvalue weighted by Gasteiger charge is -2.34. The van der Waals surface area contributed by atoms with Gasteiger partial charge in [-0.2, -0.15) is 5.10 Å². The number of aromatic amines is 1. The molecule has 4 amide bonds. The highest BCUT2D eigenvalue weighted by molar-refractivity contribution is 6.06. The third-order valence-electron chi connectivity index (χ3n) is 11.5. The molecule has 3 saturated heterocycles. The number of amides is 4. The quantitative estimate of drug-likeness (QED) is 0.134. The van der Waals surface area contributed by atoms with Gasteiger partial charge in [0, 0.05) is 72.0 Å². The predicted octanol–water partition coefficient (Wildman–Crippen LogP) is 5.61. The van der Waals surface area contributed by atoms with Crippen LogP contribution in [-0.4, -0.2) is 81.0 Å². The van der Waals surface area contributed by atoms with E-state index >= 15 is 4.39 Å². The minimum Gasteiger partial charge on any atom is -0.369 e. The molecule has 286 valence electrons. The van der Waals surface area contributed by atoms with Crippen LogP contribution in [-0.2, 0) is 16.1 Å². The zero-order valence-corrected chi connectivity index (χ0v) is 31.2. The molecule has 6 heterocycles. The molecule has 0 radical (unpaired) electrons. The third-order valence-corrected chi connectivity index (χ3v) is 11.5. The number of nitrogens with zero attached hydrogens (tertiary/aromatic N) is 5. The molecule has 3 aliphatic heterocycles. The number of hydrogen-bond donors (Lipinski definition) is 4. The van der Waals surface area contributed by atoms with Crippen molar-refractivity contribution in [3.05, 3.63) is 83.1 Å². The van der Waals surface area contributed by atoms with Gasteiger partial charge >= 0.3 is 0 Å². The second-order valence-corrected chi connectivity index (χ2v) is 15.2. The van der Waals surface area contributed by atoms with Crippen LogP contribution in [0.2, 0.25) is 0 Å². The van der Waals surface area contributed by atoms with Crippen molar-refractivity contribution < 1.29 is 23.6 Å². The molecule has 3 aromatic heterocycles. The molecule has 8 rings (SSSR count). The summed E-state index contributed by atoms with van der Waals surface area (Å²) >= 11 is 0. The lowest BCUT2D eigenvalue weighted by molar-refractivity contribution is -0.134. The molecule has 1 unspecified atom stereocenters. The molecular weight excluding hydrogens is 702 g/mol. The van der Waals surface area contributed by atoms with E-state index in [1.165, 1.54) is 18.2 Å². The SMILES string of the molecule is Cc1nn(CCCC2CCN(c3ccc(C(=O)NC4CCC(=O)NC4=O)cc3F)CC2)c2cc(C(=O)Nc3cc4[nH]c([C@H]5CCCN5C)cc4cn3)ccc12. The molecule has 0 spiro atoms. The lowest BCUT2D eigenvalue weighted by atomic mass is 9.92. The number of imide groups is 1. The summed E-state index contributed by atoms with van der Waals surface area (Å²) in [4.78, 5) is 62.0. The third kappa shape index (κ3) is 7.68. The number of pyridine rings is 1. The fraction of sp³-hybridized carbons (Fsp3) is 0.415. The van der Waals surface area contributed by atoms with Crippen molar-refractivity contribution in [1.29, 1.82) is 0 Å². The highest BCUT2D eigenvalue weighted by atomic mass is 19.1. The number of piperidine rings is 2. The Bertz CT molecular complexity index is 2290. The van der Waals surface area contributed by atoms with E-state index in [-0.39, 0.29) is 30.2 Å². The van der Waals surface area contributed by atoms with Crippen LogP contribution in [0.4, 0.5) is 15.9 Å². The summed E-state index contributed by atoms with van der Waals surface area (Å²) in [6, 6.07) is 13.7. The maximum Gasteiger partial charge on any atom is 0.256 e. The van der Waals surface area contributed by atoms with E-state index in [1.54, 1.807) is 18.3 Å². The zero-order valence-electron chi connectivity index (χ0n) is 31.2. The van der Waals surface area contributed by atoms with Crippen LogP contribution in [0.15, 0.2) is 54.7 Å². The summed E-state index contributed by atoms with van der Waals surface area (Å²) in [5.74, 6) is -1.19. The Labute approximate surface area is 318 Å². The van der Waals surface area contributed by atoms with Gasteiger partial charge in [-0.15, -0.1) is 0 Å². The number of aryl methyl sites for hydroxylation is 2. The van der Waals surface area contributed by atoms with Gasteiger partial charge in [-0.25, -0.2) is 9.37 Å². The number of halogens is 1. The van der Waals surface area contributed by atoms with Gasteiger partial charge in [0.1, 0.15) is 17.7 Å². The zero-order chi connectivity index (χ0) is 38.2. The number of aromatic nitrogens is 4. The Hall–Kier alpha value is -5.63. The first-order valence-corrected chi connectivity index (χ1v) is 19.3. The molecule has 55 heavy (non-hydrogen) atoms. The highest BCUT2D eigenvalue weighted by Crippen LogP contribution is 2.33. The van der Waals surface area contributed by atoms with Crippen LogP contribution >= 0.6 is 0 Å². The number of benzene rings is 2. The number of likely N-dealkylation sites (tertiary alicyclic amines) is 1. The van der Waals surface area contributed by atoms with E-state index in [0.717, 1.165) is 72.7 Å². The van der Waals surface area contributed by atoms with E-state index in [4.69, 9.17) is 5.10 Å². The van der Waals surface area contributed by atoms with Crippen molar-refractivity contribution in [3.63, 3.8) is 0 Å². The highest BCUT2D eigenvalue weighted by Gasteiger charge is 2.29. The van der Waals surface area contributed by atoms with E-state index in [0.29, 0.717) is 42.1 Å². The molecular formula is C41H46FN9O4.